The van der Waals surface area contributed by atoms with Gasteiger partial charge in [-0.1, -0.05) is 11.8 Å². The van der Waals surface area contributed by atoms with E-state index in [1.54, 1.807) is 6.20 Å². The number of carbonyl (C=O) groups excluding carboxylic acids is 1. The van der Waals surface area contributed by atoms with Crippen LogP contribution in [0.3, 0.4) is 0 Å². The van der Waals surface area contributed by atoms with Crippen molar-refractivity contribution >= 4 is 17.7 Å². The van der Waals surface area contributed by atoms with Crippen LogP contribution in [0.15, 0.2) is 17.6 Å². The van der Waals surface area contributed by atoms with Gasteiger partial charge in [-0.15, -0.1) is 5.10 Å². The maximum atomic E-state index is 11.2. The normalized spacial score (nSPS) is 10.6. The van der Waals surface area contributed by atoms with E-state index in [0.717, 1.165) is 12.4 Å². The number of hydrogen-bond donors (Lipinski definition) is 0. The molecule has 2 rings (SSSR count). The molecule has 2 heterocycles. The third-order valence-corrected chi connectivity index (χ3v) is 3.43. The molecule has 0 saturated carbocycles. The van der Waals surface area contributed by atoms with Crippen LogP contribution in [0.1, 0.15) is 12.7 Å². The first kappa shape index (κ1) is 13.5. The Labute approximate surface area is 114 Å². The molecule has 8 nitrogen and oxygen atoms in total. The molecule has 2 aromatic heterocycles. The van der Waals surface area contributed by atoms with Crippen molar-refractivity contribution in [2.45, 2.75) is 30.9 Å². The second kappa shape index (κ2) is 6.32. The number of esters is 1. The van der Waals surface area contributed by atoms with E-state index < -0.39 is 0 Å². The molecule has 0 aliphatic heterocycles. The largest absolute Gasteiger partial charge is 0.468 e. The first-order valence-electron chi connectivity index (χ1n) is 5.70. The summed E-state index contributed by atoms with van der Waals surface area (Å²) in [6.45, 7) is 2.92. The number of nitrogens with zero attached hydrogens (tertiary/aromatic N) is 6. The topological polar surface area (TPSA) is 87.7 Å². The second-order valence-corrected chi connectivity index (χ2v) is 4.56. The number of tetrazole rings is 1. The fraction of sp³-hybridized carbons (Fsp3) is 0.500. The summed E-state index contributed by atoms with van der Waals surface area (Å²) in [6.07, 6.45) is 3.68. The SMILES string of the molecule is CCn1ccnc1CSc1nnnn1CC(=O)OC. The summed E-state index contributed by atoms with van der Waals surface area (Å²) < 4.78 is 8.04. The van der Waals surface area contributed by atoms with E-state index >= 15 is 0 Å². The molecule has 0 atom stereocenters. The van der Waals surface area contributed by atoms with Crippen LogP contribution in [0.5, 0.6) is 0 Å². The highest BCUT2D eigenvalue weighted by molar-refractivity contribution is 7.98. The van der Waals surface area contributed by atoms with Crippen molar-refractivity contribution in [3.05, 3.63) is 18.2 Å². The fourth-order valence-electron chi connectivity index (χ4n) is 1.48. The van der Waals surface area contributed by atoms with Crippen LogP contribution in [0, 0.1) is 0 Å². The zero-order chi connectivity index (χ0) is 13.7. The maximum absolute atomic E-state index is 11.2. The molecule has 102 valence electrons. The standard InChI is InChI=1S/C10H14N6O2S/c1-3-15-5-4-11-8(15)7-19-10-12-13-14-16(10)6-9(17)18-2/h4-5H,3,6-7H2,1-2H3. The molecule has 0 fully saturated rings. The highest BCUT2D eigenvalue weighted by Crippen LogP contribution is 2.18. The molecule has 0 saturated heterocycles. The second-order valence-electron chi connectivity index (χ2n) is 3.61. The van der Waals surface area contributed by atoms with E-state index in [4.69, 9.17) is 0 Å². The van der Waals surface area contributed by atoms with Crippen molar-refractivity contribution in [1.82, 2.24) is 29.8 Å². The monoisotopic (exact) mass is 282 g/mol. The van der Waals surface area contributed by atoms with Gasteiger partial charge in [0.1, 0.15) is 12.4 Å². The molecule has 0 aliphatic carbocycles. The van der Waals surface area contributed by atoms with Gasteiger partial charge in [0.25, 0.3) is 0 Å². The van der Waals surface area contributed by atoms with Crippen LogP contribution in [0.4, 0.5) is 0 Å². The number of hydrogen-bond acceptors (Lipinski definition) is 7. The van der Waals surface area contributed by atoms with Crippen LogP contribution in [0.25, 0.3) is 0 Å². The summed E-state index contributed by atoms with van der Waals surface area (Å²) >= 11 is 1.43. The quantitative estimate of drug-likeness (QED) is 0.558. The Balaban J connectivity index is 2.00. The fourth-order valence-corrected chi connectivity index (χ4v) is 2.33. The lowest BCUT2D eigenvalue weighted by Gasteiger charge is -2.04. The molecule has 19 heavy (non-hydrogen) atoms. The Morgan fingerprint density at radius 1 is 1.53 bits per heavy atom. The van der Waals surface area contributed by atoms with Gasteiger partial charge >= 0.3 is 5.97 Å². The number of methoxy groups -OCH3 is 1. The summed E-state index contributed by atoms with van der Waals surface area (Å²) in [4.78, 5) is 15.5. The van der Waals surface area contributed by atoms with Crippen molar-refractivity contribution in [2.24, 2.45) is 0 Å². The average molecular weight is 282 g/mol. The Hall–Kier alpha value is -1.90. The predicted molar refractivity (Wildman–Crippen MR) is 67.3 cm³/mol. The minimum Gasteiger partial charge on any atom is -0.468 e. The van der Waals surface area contributed by atoms with Gasteiger partial charge in [-0.2, -0.15) is 0 Å². The molecule has 0 aromatic carbocycles. The Morgan fingerprint density at radius 2 is 2.37 bits per heavy atom. The Kier molecular flexibility index (Phi) is 4.50. The number of thioether (sulfide) groups is 1. The van der Waals surface area contributed by atoms with Crippen molar-refractivity contribution in [3.8, 4) is 0 Å². The van der Waals surface area contributed by atoms with Gasteiger partial charge < -0.3 is 9.30 Å². The number of carbonyl (C=O) groups is 1. The lowest BCUT2D eigenvalue weighted by atomic mass is 10.6. The summed E-state index contributed by atoms with van der Waals surface area (Å²) in [5.74, 6) is 1.20. The summed E-state index contributed by atoms with van der Waals surface area (Å²) in [6, 6.07) is 0. The van der Waals surface area contributed by atoms with Gasteiger partial charge in [-0.3, -0.25) is 4.79 Å². The third-order valence-electron chi connectivity index (χ3n) is 2.48. The first-order chi connectivity index (χ1) is 9.24. The molecule has 9 heteroatoms. The maximum Gasteiger partial charge on any atom is 0.327 e. The van der Waals surface area contributed by atoms with E-state index in [9.17, 15) is 4.79 Å². The Morgan fingerprint density at radius 3 is 3.11 bits per heavy atom. The van der Waals surface area contributed by atoms with E-state index in [1.165, 1.54) is 23.6 Å². The molecule has 0 spiro atoms. The van der Waals surface area contributed by atoms with E-state index in [-0.39, 0.29) is 12.5 Å². The van der Waals surface area contributed by atoms with Gasteiger partial charge in [0, 0.05) is 18.9 Å². The highest BCUT2D eigenvalue weighted by atomic mass is 32.2. The molecular weight excluding hydrogens is 268 g/mol. The highest BCUT2D eigenvalue weighted by Gasteiger charge is 2.12. The van der Waals surface area contributed by atoms with E-state index in [1.807, 2.05) is 10.8 Å². The lowest BCUT2D eigenvalue weighted by Crippen LogP contribution is -2.13. The van der Waals surface area contributed by atoms with Gasteiger partial charge in [-0.05, 0) is 17.4 Å². The van der Waals surface area contributed by atoms with Gasteiger partial charge in [-0.25, -0.2) is 9.67 Å². The van der Waals surface area contributed by atoms with Crippen LogP contribution < -0.4 is 0 Å². The van der Waals surface area contributed by atoms with E-state index in [0.29, 0.717) is 10.9 Å². The van der Waals surface area contributed by atoms with Gasteiger partial charge in [0.15, 0.2) is 0 Å². The molecular formula is C10H14N6O2S. The number of aryl methyl sites for hydroxylation is 1. The van der Waals surface area contributed by atoms with Gasteiger partial charge in [0.2, 0.25) is 5.16 Å². The minimum absolute atomic E-state index is 0.00799. The zero-order valence-corrected chi connectivity index (χ0v) is 11.5. The number of imidazole rings is 1. The van der Waals surface area contributed by atoms with Crippen molar-refractivity contribution < 1.29 is 9.53 Å². The van der Waals surface area contributed by atoms with Crippen molar-refractivity contribution in [3.63, 3.8) is 0 Å². The van der Waals surface area contributed by atoms with Crippen LogP contribution in [-0.4, -0.2) is 42.8 Å². The third kappa shape index (κ3) is 3.31. The van der Waals surface area contributed by atoms with Crippen LogP contribution in [0.2, 0.25) is 0 Å². The van der Waals surface area contributed by atoms with Crippen molar-refractivity contribution in [2.75, 3.05) is 7.11 Å². The average Bonchev–Trinajstić information content (AvgIpc) is 3.04. The summed E-state index contributed by atoms with van der Waals surface area (Å²) in [5, 5.41) is 11.8. The molecule has 0 bridgehead atoms. The first-order valence-corrected chi connectivity index (χ1v) is 6.69. The zero-order valence-electron chi connectivity index (χ0n) is 10.7. The van der Waals surface area contributed by atoms with E-state index in [2.05, 4.69) is 32.2 Å². The Bertz CT molecular complexity index is 552. The lowest BCUT2D eigenvalue weighted by molar-refractivity contribution is -0.141. The molecule has 2 aromatic rings. The summed E-state index contributed by atoms with van der Waals surface area (Å²) in [5.41, 5.74) is 0. The molecule has 0 unspecified atom stereocenters. The van der Waals surface area contributed by atoms with Crippen LogP contribution in [-0.2, 0) is 28.4 Å². The smallest absolute Gasteiger partial charge is 0.327 e. The summed E-state index contributed by atoms with van der Waals surface area (Å²) in [7, 11) is 1.33. The molecule has 0 aliphatic rings. The van der Waals surface area contributed by atoms with Crippen LogP contribution >= 0.6 is 11.8 Å². The number of rotatable bonds is 6. The minimum atomic E-state index is -0.385. The van der Waals surface area contributed by atoms with Gasteiger partial charge in [0.05, 0.1) is 12.9 Å². The molecule has 0 N–H and O–H groups in total. The predicted octanol–water partition coefficient (Wildman–Crippen LogP) is 0.355. The molecule has 0 radical (unpaired) electrons. The number of ether oxygens (including phenoxy) is 1. The number of aromatic nitrogens is 6. The van der Waals surface area contributed by atoms with Crippen molar-refractivity contribution in [1.29, 1.82) is 0 Å². The molecule has 0 amide bonds.